The second kappa shape index (κ2) is 5.52. The molecule has 1 N–H and O–H groups in total. The molecule has 1 spiro atoms. The minimum absolute atomic E-state index is 0.237. The van der Waals surface area contributed by atoms with Crippen molar-refractivity contribution in [2.45, 2.75) is 50.9 Å². The maximum atomic E-state index is 10.2. The Morgan fingerprint density at radius 1 is 1.47 bits per heavy atom. The molecule has 0 aliphatic carbocycles. The fourth-order valence-corrected chi connectivity index (χ4v) is 4.20. The van der Waals surface area contributed by atoms with Gasteiger partial charge in [0, 0.05) is 31.1 Å². The van der Waals surface area contributed by atoms with Crippen LogP contribution in [0.2, 0.25) is 0 Å². The highest BCUT2D eigenvalue weighted by molar-refractivity contribution is 7.10. The van der Waals surface area contributed by atoms with Crippen LogP contribution in [0, 0.1) is 6.92 Å². The van der Waals surface area contributed by atoms with E-state index < -0.39 is 0 Å². The van der Waals surface area contributed by atoms with Crippen LogP contribution in [-0.4, -0.2) is 41.4 Å². The Morgan fingerprint density at radius 3 is 2.89 bits per heavy atom. The third-order valence-electron chi connectivity index (χ3n) is 4.66. The summed E-state index contributed by atoms with van der Waals surface area (Å²) in [6, 6.07) is 2.19. The van der Waals surface area contributed by atoms with Gasteiger partial charge in [-0.3, -0.25) is 4.90 Å². The van der Waals surface area contributed by atoms with Crippen molar-refractivity contribution in [1.82, 2.24) is 4.90 Å². The largest absolute Gasteiger partial charge is 0.390 e. The van der Waals surface area contributed by atoms with Crippen LogP contribution in [0.4, 0.5) is 0 Å². The minimum atomic E-state index is -0.258. The molecule has 3 heterocycles. The standard InChI is InChI=1S/C15H23NO2S/c1-12-4-10-19-13(12)11-16-7-5-15(6-8-16)14(17)3-2-9-18-15/h4,10,14,17H,2-3,5-9,11H2,1H3. The van der Waals surface area contributed by atoms with E-state index in [1.165, 1.54) is 10.4 Å². The summed E-state index contributed by atoms with van der Waals surface area (Å²) < 4.78 is 5.95. The molecule has 0 bridgehead atoms. The van der Waals surface area contributed by atoms with Gasteiger partial charge in [-0.15, -0.1) is 11.3 Å². The summed E-state index contributed by atoms with van der Waals surface area (Å²) in [6.45, 7) is 6.13. The third kappa shape index (κ3) is 2.72. The number of likely N-dealkylation sites (tertiary alicyclic amines) is 1. The highest BCUT2D eigenvalue weighted by Gasteiger charge is 2.43. The van der Waals surface area contributed by atoms with Gasteiger partial charge in [0.15, 0.2) is 0 Å². The number of ether oxygens (including phenoxy) is 1. The molecule has 1 aromatic heterocycles. The van der Waals surface area contributed by atoms with E-state index in [9.17, 15) is 5.11 Å². The average molecular weight is 281 g/mol. The molecule has 1 atom stereocenters. The maximum absolute atomic E-state index is 10.2. The summed E-state index contributed by atoms with van der Waals surface area (Å²) in [5, 5.41) is 12.4. The molecule has 2 saturated heterocycles. The molecule has 106 valence electrons. The fraction of sp³-hybridized carbons (Fsp3) is 0.733. The van der Waals surface area contributed by atoms with Crippen LogP contribution < -0.4 is 0 Å². The zero-order valence-electron chi connectivity index (χ0n) is 11.6. The van der Waals surface area contributed by atoms with Crippen molar-refractivity contribution in [2.24, 2.45) is 0 Å². The Labute approximate surface area is 119 Å². The molecular weight excluding hydrogens is 258 g/mol. The Morgan fingerprint density at radius 2 is 2.26 bits per heavy atom. The van der Waals surface area contributed by atoms with Gasteiger partial charge in [0.1, 0.15) is 0 Å². The predicted octanol–water partition coefficient (Wildman–Crippen LogP) is 2.56. The number of hydrogen-bond donors (Lipinski definition) is 1. The van der Waals surface area contributed by atoms with Crippen LogP contribution in [0.25, 0.3) is 0 Å². The molecule has 2 aliphatic heterocycles. The quantitative estimate of drug-likeness (QED) is 0.904. The summed E-state index contributed by atoms with van der Waals surface area (Å²) >= 11 is 1.85. The second-order valence-electron chi connectivity index (χ2n) is 5.87. The Kier molecular flexibility index (Phi) is 3.94. The van der Waals surface area contributed by atoms with Crippen LogP contribution in [0.1, 0.15) is 36.1 Å². The molecule has 19 heavy (non-hydrogen) atoms. The van der Waals surface area contributed by atoms with Crippen LogP contribution in [0.15, 0.2) is 11.4 Å². The van der Waals surface area contributed by atoms with Gasteiger partial charge in [0.25, 0.3) is 0 Å². The number of piperidine rings is 1. The van der Waals surface area contributed by atoms with Crippen molar-refractivity contribution < 1.29 is 9.84 Å². The Bertz CT molecular complexity index is 424. The fourth-order valence-electron chi connectivity index (χ4n) is 3.25. The molecule has 2 fully saturated rings. The first-order valence-electron chi connectivity index (χ1n) is 7.27. The molecule has 4 heteroatoms. The number of aliphatic hydroxyl groups is 1. The minimum Gasteiger partial charge on any atom is -0.390 e. The molecule has 0 radical (unpaired) electrons. The topological polar surface area (TPSA) is 32.7 Å². The lowest BCUT2D eigenvalue weighted by Gasteiger charge is -2.46. The van der Waals surface area contributed by atoms with Crippen LogP contribution in [-0.2, 0) is 11.3 Å². The van der Waals surface area contributed by atoms with Crippen molar-refractivity contribution in [3.63, 3.8) is 0 Å². The van der Waals surface area contributed by atoms with E-state index in [1.807, 2.05) is 11.3 Å². The van der Waals surface area contributed by atoms with Crippen molar-refractivity contribution in [2.75, 3.05) is 19.7 Å². The van der Waals surface area contributed by atoms with Crippen LogP contribution in [0.5, 0.6) is 0 Å². The number of rotatable bonds is 2. The highest BCUT2D eigenvalue weighted by Crippen LogP contribution is 2.35. The molecule has 3 nitrogen and oxygen atoms in total. The zero-order valence-corrected chi connectivity index (χ0v) is 12.4. The van der Waals surface area contributed by atoms with Crippen molar-refractivity contribution in [1.29, 1.82) is 0 Å². The van der Waals surface area contributed by atoms with Crippen molar-refractivity contribution >= 4 is 11.3 Å². The van der Waals surface area contributed by atoms with Crippen LogP contribution >= 0.6 is 11.3 Å². The van der Waals surface area contributed by atoms with Crippen LogP contribution in [0.3, 0.4) is 0 Å². The van der Waals surface area contributed by atoms with E-state index >= 15 is 0 Å². The summed E-state index contributed by atoms with van der Waals surface area (Å²) in [5.41, 5.74) is 1.17. The van der Waals surface area contributed by atoms with Gasteiger partial charge in [0.2, 0.25) is 0 Å². The molecule has 2 aliphatic rings. The van der Waals surface area contributed by atoms with E-state index in [-0.39, 0.29) is 11.7 Å². The first kappa shape index (κ1) is 13.6. The molecule has 0 saturated carbocycles. The molecule has 1 unspecified atom stereocenters. The second-order valence-corrected chi connectivity index (χ2v) is 6.87. The van der Waals surface area contributed by atoms with Gasteiger partial charge < -0.3 is 9.84 Å². The molecule has 3 rings (SSSR count). The summed E-state index contributed by atoms with van der Waals surface area (Å²) in [4.78, 5) is 3.97. The highest BCUT2D eigenvalue weighted by atomic mass is 32.1. The first-order chi connectivity index (χ1) is 9.20. The number of nitrogens with zero attached hydrogens (tertiary/aromatic N) is 1. The Balaban J connectivity index is 1.58. The summed E-state index contributed by atoms with van der Waals surface area (Å²) in [5.74, 6) is 0. The monoisotopic (exact) mass is 281 g/mol. The molecule has 0 amide bonds. The van der Waals surface area contributed by atoms with Gasteiger partial charge >= 0.3 is 0 Å². The van der Waals surface area contributed by atoms with E-state index in [0.717, 1.165) is 51.9 Å². The van der Waals surface area contributed by atoms with Crippen molar-refractivity contribution in [3.05, 3.63) is 21.9 Å². The van der Waals surface area contributed by atoms with Crippen molar-refractivity contribution in [3.8, 4) is 0 Å². The summed E-state index contributed by atoms with van der Waals surface area (Å²) in [6.07, 6.45) is 3.59. The van der Waals surface area contributed by atoms with E-state index in [4.69, 9.17) is 4.74 Å². The SMILES string of the molecule is Cc1ccsc1CN1CCC2(CC1)OCCCC2O. The summed E-state index contributed by atoms with van der Waals surface area (Å²) in [7, 11) is 0. The third-order valence-corrected chi connectivity index (χ3v) is 5.66. The van der Waals surface area contributed by atoms with Gasteiger partial charge in [0.05, 0.1) is 11.7 Å². The predicted molar refractivity (Wildman–Crippen MR) is 77.5 cm³/mol. The van der Waals surface area contributed by atoms with Gasteiger partial charge in [-0.25, -0.2) is 0 Å². The zero-order chi connectivity index (χ0) is 13.3. The Hall–Kier alpha value is -0.420. The van der Waals surface area contributed by atoms with E-state index in [2.05, 4.69) is 23.3 Å². The maximum Gasteiger partial charge on any atom is 0.0964 e. The lowest BCUT2D eigenvalue weighted by molar-refractivity contribution is -0.177. The van der Waals surface area contributed by atoms with Gasteiger partial charge in [-0.1, -0.05) is 0 Å². The lowest BCUT2D eigenvalue weighted by Crippen LogP contribution is -2.55. The molecule has 1 aromatic rings. The normalized spacial score (nSPS) is 27.8. The number of hydrogen-bond acceptors (Lipinski definition) is 4. The molecule has 0 aromatic carbocycles. The van der Waals surface area contributed by atoms with Gasteiger partial charge in [-0.05, 0) is 49.6 Å². The van der Waals surface area contributed by atoms with Gasteiger partial charge in [-0.2, -0.15) is 0 Å². The van der Waals surface area contributed by atoms with E-state index in [1.54, 1.807) is 0 Å². The van der Waals surface area contributed by atoms with E-state index in [0.29, 0.717) is 0 Å². The average Bonchev–Trinajstić information content (AvgIpc) is 2.82. The first-order valence-corrected chi connectivity index (χ1v) is 8.15. The number of aliphatic hydroxyl groups excluding tert-OH is 1. The lowest BCUT2D eigenvalue weighted by atomic mass is 9.82. The number of thiophene rings is 1. The smallest absolute Gasteiger partial charge is 0.0964 e. The molecular formula is C15H23NO2S. The number of aryl methyl sites for hydroxylation is 1.